The van der Waals surface area contributed by atoms with Crippen molar-refractivity contribution in [3.63, 3.8) is 0 Å². The predicted octanol–water partition coefficient (Wildman–Crippen LogP) is 2.29. The Morgan fingerprint density at radius 1 is 1.28 bits per heavy atom. The zero-order valence-corrected chi connectivity index (χ0v) is 11.0. The molecule has 2 atom stereocenters. The van der Waals surface area contributed by atoms with Gasteiger partial charge >= 0.3 is 0 Å². The molecule has 4 heteroatoms. The van der Waals surface area contributed by atoms with Crippen LogP contribution in [0.1, 0.15) is 18.6 Å². The van der Waals surface area contributed by atoms with Crippen molar-refractivity contribution >= 4 is 0 Å². The van der Waals surface area contributed by atoms with Crippen LogP contribution < -0.4 is 4.74 Å². The summed E-state index contributed by atoms with van der Waals surface area (Å²) >= 11 is 0. The number of hydrogen-bond donors (Lipinski definition) is 1. The average Bonchev–Trinajstić information content (AvgIpc) is 2.42. The molecule has 0 aliphatic carbocycles. The zero-order chi connectivity index (χ0) is 13.4. The van der Waals surface area contributed by atoms with Crippen molar-refractivity contribution < 1.29 is 19.3 Å². The molecule has 1 rings (SSSR count). The molecule has 0 saturated heterocycles. The lowest BCUT2D eigenvalue weighted by Gasteiger charge is -2.22. The van der Waals surface area contributed by atoms with Gasteiger partial charge in [0.15, 0.2) is 0 Å². The van der Waals surface area contributed by atoms with E-state index in [1.807, 2.05) is 37.3 Å². The van der Waals surface area contributed by atoms with Gasteiger partial charge in [-0.1, -0.05) is 30.4 Å². The molecule has 1 N–H and O–H groups in total. The van der Waals surface area contributed by atoms with Crippen LogP contribution in [0.5, 0.6) is 5.75 Å². The first-order chi connectivity index (χ1) is 8.74. The first kappa shape index (κ1) is 14.7. The number of hydrogen-bond acceptors (Lipinski definition) is 4. The maximum absolute atomic E-state index is 10.3. The number of aliphatic hydroxyl groups excluding tert-OH is 1. The summed E-state index contributed by atoms with van der Waals surface area (Å²) in [6.07, 6.45) is 2.36. The number of allylic oxidation sites excluding steroid dienone is 1. The molecular weight excluding hydrogens is 232 g/mol. The van der Waals surface area contributed by atoms with Crippen LogP contribution in [0.4, 0.5) is 0 Å². The van der Waals surface area contributed by atoms with Crippen molar-refractivity contribution in [3.8, 4) is 5.75 Å². The van der Waals surface area contributed by atoms with Crippen LogP contribution in [0.15, 0.2) is 36.4 Å². The van der Waals surface area contributed by atoms with E-state index in [-0.39, 0.29) is 6.79 Å². The second kappa shape index (κ2) is 7.87. The molecule has 0 bridgehead atoms. The Balaban J connectivity index is 2.90. The van der Waals surface area contributed by atoms with Gasteiger partial charge in [-0.3, -0.25) is 0 Å². The average molecular weight is 252 g/mol. The number of para-hydroxylation sites is 1. The molecule has 4 nitrogen and oxygen atoms in total. The van der Waals surface area contributed by atoms with Crippen molar-refractivity contribution in [1.29, 1.82) is 0 Å². The molecule has 0 heterocycles. The van der Waals surface area contributed by atoms with Crippen LogP contribution in [0.25, 0.3) is 0 Å². The standard InChI is InChI=1S/C14H20O4/c1-4-7-13(18-10-16-2)14(15)11-8-5-6-9-12(11)17-3/h4-9,13-15H,10H2,1-3H3/b7-4+/t13-,14+/m1/s1. The van der Waals surface area contributed by atoms with Crippen molar-refractivity contribution in [3.05, 3.63) is 42.0 Å². The van der Waals surface area contributed by atoms with E-state index < -0.39 is 12.2 Å². The summed E-state index contributed by atoms with van der Waals surface area (Å²) in [5.74, 6) is 0.639. The number of ether oxygens (including phenoxy) is 3. The molecular formula is C14H20O4. The molecule has 18 heavy (non-hydrogen) atoms. The Morgan fingerprint density at radius 3 is 2.61 bits per heavy atom. The third kappa shape index (κ3) is 3.84. The van der Waals surface area contributed by atoms with Gasteiger partial charge in [-0.05, 0) is 13.0 Å². The van der Waals surface area contributed by atoms with E-state index in [0.717, 1.165) is 0 Å². The molecule has 0 aliphatic heterocycles. The Bertz CT molecular complexity index is 376. The lowest BCUT2D eigenvalue weighted by molar-refractivity contribution is -0.0945. The highest BCUT2D eigenvalue weighted by atomic mass is 16.7. The van der Waals surface area contributed by atoms with Crippen molar-refractivity contribution in [2.45, 2.75) is 19.1 Å². The molecule has 1 aromatic carbocycles. The molecule has 0 aromatic heterocycles. The number of methoxy groups -OCH3 is 2. The third-order valence-corrected chi connectivity index (χ3v) is 2.53. The summed E-state index contributed by atoms with van der Waals surface area (Å²) in [6, 6.07) is 7.33. The highest BCUT2D eigenvalue weighted by Crippen LogP contribution is 2.28. The minimum Gasteiger partial charge on any atom is -0.496 e. The van der Waals surface area contributed by atoms with Crippen LogP contribution in [-0.2, 0) is 9.47 Å². The smallest absolute Gasteiger partial charge is 0.147 e. The molecule has 1 aromatic rings. The molecule has 0 amide bonds. The third-order valence-electron chi connectivity index (χ3n) is 2.53. The van der Waals surface area contributed by atoms with E-state index in [4.69, 9.17) is 14.2 Å². The minimum absolute atomic E-state index is 0.126. The van der Waals surface area contributed by atoms with Gasteiger partial charge in [0.25, 0.3) is 0 Å². The summed E-state index contributed by atoms with van der Waals surface area (Å²) in [6.45, 7) is 2.00. The van der Waals surface area contributed by atoms with Crippen LogP contribution >= 0.6 is 0 Å². The fraction of sp³-hybridized carbons (Fsp3) is 0.429. The summed E-state index contributed by atoms with van der Waals surface area (Å²) in [5.41, 5.74) is 0.694. The van der Waals surface area contributed by atoms with Gasteiger partial charge in [0, 0.05) is 12.7 Å². The van der Waals surface area contributed by atoms with E-state index in [9.17, 15) is 5.11 Å². The SMILES string of the molecule is C/C=C/[C@@H](OCOC)[C@@H](O)c1ccccc1OC. The molecule has 0 unspecified atom stereocenters. The van der Waals surface area contributed by atoms with Crippen molar-refractivity contribution in [2.75, 3.05) is 21.0 Å². The van der Waals surface area contributed by atoms with Gasteiger partial charge in [0.1, 0.15) is 24.8 Å². The van der Waals surface area contributed by atoms with Crippen LogP contribution in [0.3, 0.4) is 0 Å². The topological polar surface area (TPSA) is 47.9 Å². The first-order valence-electron chi connectivity index (χ1n) is 5.79. The number of benzene rings is 1. The second-order valence-corrected chi connectivity index (χ2v) is 3.75. The quantitative estimate of drug-likeness (QED) is 0.597. The Hall–Kier alpha value is -1.36. The number of rotatable bonds is 7. The fourth-order valence-corrected chi connectivity index (χ4v) is 1.68. The molecule has 0 aliphatic rings. The van der Waals surface area contributed by atoms with E-state index in [2.05, 4.69) is 0 Å². The first-order valence-corrected chi connectivity index (χ1v) is 5.79. The summed E-state index contributed by atoms with van der Waals surface area (Å²) in [7, 11) is 3.12. The fourth-order valence-electron chi connectivity index (χ4n) is 1.68. The molecule has 0 fully saturated rings. The second-order valence-electron chi connectivity index (χ2n) is 3.75. The van der Waals surface area contributed by atoms with Gasteiger partial charge in [-0.25, -0.2) is 0 Å². The van der Waals surface area contributed by atoms with E-state index in [1.54, 1.807) is 20.3 Å². The van der Waals surface area contributed by atoms with Gasteiger partial charge in [0.2, 0.25) is 0 Å². The predicted molar refractivity (Wildman–Crippen MR) is 69.5 cm³/mol. The van der Waals surface area contributed by atoms with Gasteiger partial charge in [-0.2, -0.15) is 0 Å². The lowest BCUT2D eigenvalue weighted by atomic mass is 10.0. The summed E-state index contributed by atoms with van der Waals surface area (Å²) in [5, 5.41) is 10.3. The Kier molecular flexibility index (Phi) is 6.43. The minimum atomic E-state index is -0.799. The van der Waals surface area contributed by atoms with Gasteiger partial charge in [0.05, 0.1) is 7.11 Å². The highest BCUT2D eigenvalue weighted by Gasteiger charge is 2.22. The molecule has 100 valence electrons. The molecule has 0 spiro atoms. The normalized spacial score (nSPS) is 14.7. The van der Waals surface area contributed by atoms with E-state index in [0.29, 0.717) is 11.3 Å². The maximum atomic E-state index is 10.3. The van der Waals surface area contributed by atoms with Crippen LogP contribution in [0, 0.1) is 0 Å². The molecule has 0 radical (unpaired) electrons. The summed E-state index contributed by atoms with van der Waals surface area (Å²) < 4.78 is 15.5. The number of aliphatic hydroxyl groups is 1. The highest BCUT2D eigenvalue weighted by molar-refractivity contribution is 5.36. The monoisotopic (exact) mass is 252 g/mol. The Morgan fingerprint density at radius 2 is 2.00 bits per heavy atom. The van der Waals surface area contributed by atoms with Crippen LogP contribution in [0.2, 0.25) is 0 Å². The van der Waals surface area contributed by atoms with E-state index >= 15 is 0 Å². The largest absolute Gasteiger partial charge is 0.496 e. The zero-order valence-electron chi connectivity index (χ0n) is 11.0. The molecule has 0 saturated carbocycles. The van der Waals surface area contributed by atoms with Crippen molar-refractivity contribution in [1.82, 2.24) is 0 Å². The summed E-state index contributed by atoms with van der Waals surface area (Å²) in [4.78, 5) is 0. The maximum Gasteiger partial charge on any atom is 0.147 e. The van der Waals surface area contributed by atoms with E-state index in [1.165, 1.54) is 0 Å². The Labute approximate surface area is 108 Å². The van der Waals surface area contributed by atoms with Crippen LogP contribution in [-0.4, -0.2) is 32.2 Å². The lowest BCUT2D eigenvalue weighted by Crippen LogP contribution is -2.21. The van der Waals surface area contributed by atoms with Gasteiger partial charge < -0.3 is 19.3 Å². The van der Waals surface area contributed by atoms with Crippen molar-refractivity contribution in [2.24, 2.45) is 0 Å². The van der Waals surface area contributed by atoms with Gasteiger partial charge in [-0.15, -0.1) is 0 Å².